The van der Waals surface area contributed by atoms with E-state index in [4.69, 9.17) is 4.74 Å². The second-order valence-corrected chi connectivity index (χ2v) is 8.89. The van der Waals surface area contributed by atoms with E-state index in [1.54, 1.807) is 32.9 Å². The third-order valence-corrected chi connectivity index (χ3v) is 5.51. The van der Waals surface area contributed by atoms with Gasteiger partial charge in [0.1, 0.15) is 5.75 Å². The van der Waals surface area contributed by atoms with Gasteiger partial charge in [-0.25, -0.2) is 13.1 Å². The first kappa shape index (κ1) is 21.9. The molecule has 1 atom stereocenters. The van der Waals surface area contributed by atoms with Crippen molar-refractivity contribution in [2.24, 2.45) is 0 Å². The molecule has 6 nitrogen and oxygen atoms in total. The Labute approximate surface area is 167 Å². The Kier molecular flexibility index (Phi) is 7.60. The van der Waals surface area contributed by atoms with Crippen LogP contribution in [0.5, 0.6) is 5.75 Å². The fourth-order valence-electron chi connectivity index (χ4n) is 2.58. The summed E-state index contributed by atoms with van der Waals surface area (Å²) in [5.41, 5.74) is 2.70. The van der Waals surface area contributed by atoms with Crippen molar-refractivity contribution in [3.63, 3.8) is 0 Å². The smallest absolute Gasteiger partial charge is 0.261 e. The molecule has 152 valence electrons. The van der Waals surface area contributed by atoms with Crippen LogP contribution in [-0.4, -0.2) is 26.5 Å². The minimum atomic E-state index is -3.35. The number of carbonyl (C=O) groups is 1. The first-order valence-corrected chi connectivity index (χ1v) is 10.9. The summed E-state index contributed by atoms with van der Waals surface area (Å²) < 4.78 is 32.1. The number of hydrogen-bond acceptors (Lipinski definition) is 4. The molecule has 2 rings (SSSR count). The van der Waals surface area contributed by atoms with E-state index in [2.05, 4.69) is 10.0 Å². The van der Waals surface area contributed by atoms with Crippen molar-refractivity contribution in [3.8, 4) is 5.75 Å². The molecular formula is C21H28N2O4S. The monoisotopic (exact) mass is 404 g/mol. The van der Waals surface area contributed by atoms with Crippen molar-refractivity contribution in [3.05, 3.63) is 65.2 Å². The van der Waals surface area contributed by atoms with Crippen LogP contribution in [0.2, 0.25) is 0 Å². The SMILES string of the molecule is Cc1ccc(O[C@H](C)C(=O)NCc2ccc(CS(=O)(=O)NC(C)C)cc2)cc1. The normalized spacial score (nSPS) is 12.6. The highest BCUT2D eigenvalue weighted by molar-refractivity contribution is 7.88. The summed E-state index contributed by atoms with van der Waals surface area (Å²) in [7, 11) is -3.35. The molecule has 1 amide bonds. The highest BCUT2D eigenvalue weighted by atomic mass is 32.2. The molecule has 0 aliphatic heterocycles. The van der Waals surface area contributed by atoms with Gasteiger partial charge in [0.25, 0.3) is 5.91 Å². The van der Waals surface area contributed by atoms with E-state index < -0.39 is 16.1 Å². The zero-order valence-corrected chi connectivity index (χ0v) is 17.5. The van der Waals surface area contributed by atoms with Crippen LogP contribution in [0.25, 0.3) is 0 Å². The fraction of sp³-hybridized carbons (Fsp3) is 0.381. The number of sulfonamides is 1. The van der Waals surface area contributed by atoms with Crippen LogP contribution >= 0.6 is 0 Å². The van der Waals surface area contributed by atoms with Gasteiger partial charge in [-0.1, -0.05) is 42.0 Å². The lowest BCUT2D eigenvalue weighted by molar-refractivity contribution is -0.127. The van der Waals surface area contributed by atoms with E-state index in [1.807, 2.05) is 43.3 Å². The average Bonchev–Trinajstić information content (AvgIpc) is 2.61. The molecule has 2 aromatic rings. The molecule has 0 saturated heterocycles. The lowest BCUT2D eigenvalue weighted by Gasteiger charge is -2.15. The third-order valence-electron chi connectivity index (χ3n) is 3.96. The Morgan fingerprint density at radius 1 is 0.964 bits per heavy atom. The van der Waals surface area contributed by atoms with E-state index in [0.29, 0.717) is 17.9 Å². The number of amides is 1. The lowest BCUT2D eigenvalue weighted by atomic mass is 10.1. The summed E-state index contributed by atoms with van der Waals surface area (Å²) in [6.45, 7) is 7.60. The van der Waals surface area contributed by atoms with Crippen molar-refractivity contribution in [2.45, 2.75) is 52.1 Å². The molecule has 0 radical (unpaired) electrons. The van der Waals surface area contributed by atoms with Crippen molar-refractivity contribution in [2.75, 3.05) is 0 Å². The largest absolute Gasteiger partial charge is 0.481 e. The molecule has 0 spiro atoms. The summed E-state index contributed by atoms with van der Waals surface area (Å²) in [5, 5.41) is 2.83. The molecule has 0 unspecified atom stereocenters. The van der Waals surface area contributed by atoms with Crippen LogP contribution in [0, 0.1) is 6.92 Å². The van der Waals surface area contributed by atoms with E-state index >= 15 is 0 Å². The molecular weight excluding hydrogens is 376 g/mol. The number of ether oxygens (including phenoxy) is 1. The highest BCUT2D eigenvalue weighted by Gasteiger charge is 2.15. The Balaban J connectivity index is 1.85. The van der Waals surface area contributed by atoms with Gasteiger partial charge in [-0.05, 0) is 51.0 Å². The average molecular weight is 405 g/mol. The zero-order valence-electron chi connectivity index (χ0n) is 16.7. The summed E-state index contributed by atoms with van der Waals surface area (Å²) >= 11 is 0. The molecule has 2 aromatic carbocycles. The minimum absolute atomic E-state index is 0.0702. The quantitative estimate of drug-likeness (QED) is 0.673. The van der Waals surface area contributed by atoms with Crippen molar-refractivity contribution in [1.82, 2.24) is 10.0 Å². The summed E-state index contributed by atoms with van der Waals surface area (Å²) in [5.74, 6) is 0.362. The van der Waals surface area contributed by atoms with Gasteiger partial charge in [0.2, 0.25) is 10.0 Å². The van der Waals surface area contributed by atoms with Gasteiger partial charge in [0.15, 0.2) is 6.10 Å². The molecule has 2 N–H and O–H groups in total. The van der Waals surface area contributed by atoms with Crippen LogP contribution < -0.4 is 14.8 Å². The predicted molar refractivity (Wildman–Crippen MR) is 110 cm³/mol. The molecule has 28 heavy (non-hydrogen) atoms. The molecule has 0 aliphatic rings. The standard InChI is InChI=1S/C21H28N2O4S/c1-15(2)23-28(25,26)14-19-9-7-18(8-10-19)13-22-21(24)17(4)27-20-11-5-16(3)6-12-20/h5-12,15,17,23H,13-14H2,1-4H3,(H,22,24)/t17-/m1/s1. The third kappa shape index (κ3) is 7.32. The number of aryl methyl sites for hydroxylation is 1. The Morgan fingerprint density at radius 2 is 1.54 bits per heavy atom. The van der Waals surface area contributed by atoms with Crippen LogP contribution in [0.4, 0.5) is 0 Å². The second kappa shape index (κ2) is 9.71. The minimum Gasteiger partial charge on any atom is -0.481 e. The zero-order chi connectivity index (χ0) is 20.7. The van der Waals surface area contributed by atoms with Crippen LogP contribution in [0.15, 0.2) is 48.5 Å². The Morgan fingerprint density at radius 3 is 2.11 bits per heavy atom. The Bertz CT molecular complexity index is 876. The van der Waals surface area contributed by atoms with Crippen molar-refractivity contribution in [1.29, 1.82) is 0 Å². The van der Waals surface area contributed by atoms with E-state index in [0.717, 1.165) is 11.1 Å². The lowest BCUT2D eigenvalue weighted by Crippen LogP contribution is -2.35. The van der Waals surface area contributed by atoms with Gasteiger partial charge < -0.3 is 10.1 Å². The molecule has 7 heteroatoms. The predicted octanol–water partition coefficient (Wildman–Crippen LogP) is 2.91. The van der Waals surface area contributed by atoms with Gasteiger partial charge in [0.05, 0.1) is 5.75 Å². The summed E-state index contributed by atoms with van der Waals surface area (Å²) in [4.78, 5) is 12.2. The van der Waals surface area contributed by atoms with Crippen molar-refractivity contribution < 1.29 is 17.9 Å². The van der Waals surface area contributed by atoms with E-state index in [-0.39, 0.29) is 17.7 Å². The van der Waals surface area contributed by atoms with Gasteiger partial charge in [-0.15, -0.1) is 0 Å². The molecule has 0 heterocycles. The van der Waals surface area contributed by atoms with E-state index in [9.17, 15) is 13.2 Å². The number of carbonyl (C=O) groups excluding carboxylic acids is 1. The van der Waals surface area contributed by atoms with E-state index in [1.165, 1.54) is 0 Å². The van der Waals surface area contributed by atoms with Crippen LogP contribution in [-0.2, 0) is 27.1 Å². The molecule has 0 bridgehead atoms. The van der Waals surface area contributed by atoms with Gasteiger partial charge in [-0.3, -0.25) is 4.79 Å². The second-order valence-electron chi connectivity index (χ2n) is 7.14. The highest BCUT2D eigenvalue weighted by Crippen LogP contribution is 2.13. The first-order chi connectivity index (χ1) is 13.1. The molecule has 0 aromatic heterocycles. The number of hydrogen-bond donors (Lipinski definition) is 2. The molecule has 0 saturated carbocycles. The number of nitrogens with one attached hydrogen (secondary N) is 2. The van der Waals surface area contributed by atoms with Crippen molar-refractivity contribution >= 4 is 15.9 Å². The molecule has 0 fully saturated rings. The maximum atomic E-state index is 12.2. The van der Waals surface area contributed by atoms with Gasteiger partial charge in [0, 0.05) is 12.6 Å². The van der Waals surface area contributed by atoms with Gasteiger partial charge >= 0.3 is 0 Å². The summed E-state index contributed by atoms with van der Waals surface area (Å²) in [6.07, 6.45) is -0.616. The fourth-order valence-corrected chi connectivity index (χ4v) is 4.01. The molecule has 0 aliphatic carbocycles. The number of rotatable bonds is 9. The Hall–Kier alpha value is -2.38. The maximum absolute atomic E-state index is 12.2. The maximum Gasteiger partial charge on any atom is 0.261 e. The van der Waals surface area contributed by atoms with Crippen LogP contribution in [0.3, 0.4) is 0 Å². The number of benzene rings is 2. The summed E-state index contributed by atoms with van der Waals surface area (Å²) in [6, 6.07) is 14.5. The van der Waals surface area contributed by atoms with Crippen LogP contribution in [0.1, 0.15) is 37.5 Å². The first-order valence-electron chi connectivity index (χ1n) is 9.23. The topological polar surface area (TPSA) is 84.5 Å². The van der Waals surface area contributed by atoms with Gasteiger partial charge in [-0.2, -0.15) is 0 Å².